The summed E-state index contributed by atoms with van der Waals surface area (Å²) in [7, 11) is 0. The van der Waals surface area contributed by atoms with E-state index in [1.807, 2.05) is 26.8 Å². The Morgan fingerprint density at radius 1 is 1.06 bits per heavy atom. The number of esters is 1. The second-order valence-electron chi connectivity index (χ2n) is 9.00. The Morgan fingerprint density at radius 3 is 2.45 bits per heavy atom. The lowest BCUT2D eigenvalue weighted by atomic mass is 10.0. The van der Waals surface area contributed by atoms with Crippen LogP contribution in [0.3, 0.4) is 0 Å². The van der Waals surface area contributed by atoms with Crippen LogP contribution in [0.25, 0.3) is 10.9 Å². The summed E-state index contributed by atoms with van der Waals surface area (Å²) in [5, 5.41) is 0.930. The molecule has 0 radical (unpaired) electrons. The van der Waals surface area contributed by atoms with Gasteiger partial charge in [0.2, 0.25) is 0 Å². The summed E-state index contributed by atoms with van der Waals surface area (Å²) in [6.07, 6.45) is 2.09. The first kappa shape index (κ1) is 22.8. The predicted octanol–water partition coefficient (Wildman–Crippen LogP) is 4.48. The molecule has 7 nitrogen and oxygen atoms in total. The minimum Gasteiger partial charge on any atom is -0.462 e. The predicted molar refractivity (Wildman–Crippen MR) is 122 cm³/mol. The molecule has 0 N–H and O–H groups in total. The summed E-state index contributed by atoms with van der Waals surface area (Å²) in [6.45, 7) is 14.3. The Balaban J connectivity index is 1.98. The molecule has 1 amide bonds. The van der Waals surface area contributed by atoms with Crippen molar-refractivity contribution in [1.29, 1.82) is 0 Å². The smallest absolute Gasteiger partial charge is 0.410 e. The van der Waals surface area contributed by atoms with Gasteiger partial charge in [-0.05, 0) is 71.2 Å². The van der Waals surface area contributed by atoms with Gasteiger partial charge < -0.3 is 19.3 Å². The number of aromatic nitrogens is 1. The van der Waals surface area contributed by atoms with Gasteiger partial charge in [-0.3, -0.25) is 4.98 Å². The highest BCUT2D eigenvalue weighted by atomic mass is 16.6. The Kier molecular flexibility index (Phi) is 6.72. The second-order valence-corrected chi connectivity index (χ2v) is 9.00. The van der Waals surface area contributed by atoms with E-state index in [0.29, 0.717) is 31.8 Å². The third kappa shape index (κ3) is 5.27. The summed E-state index contributed by atoms with van der Waals surface area (Å²) >= 11 is 0. The molecule has 31 heavy (non-hydrogen) atoms. The monoisotopic (exact) mass is 427 g/mol. The van der Waals surface area contributed by atoms with Gasteiger partial charge in [-0.15, -0.1) is 0 Å². The van der Waals surface area contributed by atoms with Crippen LogP contribution in [-0.4, -0.2) is 60.3 Å². The van der Waals surface area contributed by atoms with Crippen molar-refractivity contribution in [2.24, 2.45) is 0 Å². The maximum atomic E-state index is 12.7. The first-order chi connectivity index (χ1) is 14.6. The molecule has 1 aromatic heterocycles. The van der Waals surface area contributed by atoms with Crippen LogP contribution in [0.2, 0.25) is 0 Å². The SMILES string of the molecule is CCOC(=O)c1cnc2cc(C)c(C)cc2c1N1CCCN(C(=O)OC(C)(C)C)CC1. The van der Waals surface area contributed by atoms with Gasteiger partial charge in [0.15, 0.2) is 0 Å². The molecule has 7 heteroatoms. The molecule has 0 aliphatic carbocycles. The lowest BCUT2D eigenvalue weighted by Crippen LogP contribution is -2.39. The highest BCUT2D eigenvalue weighted by molar-refractivity contribution is 6.05. The van der Waals surface area contributed by atoms with Gasteiger partial charge in [0, 0.05) is 37.8 Å². The van der Waals surface area contributed by atoms with Crippen LogP contribution in [0.1, 0.15) is 55.6 Å². The van der Waals surface area contributed by atoms with Gasteiger partial charge in [-0.25, -0.2) is 9.59 Å². The van der Waals surface area contributed by atoms with Crippen LogP contribution < -0.4 is 4.90 Å². The number of fused-ring (bicyclic) bond motifs is 1. The summed E-state index contributed by atoms with van der Waals surface area (Å²) in [5.74, 6) is -0.377. The van der Waals surface area contributed by atoms with Crippen LogP contribution in [0.4, 0.5) is 10.5 Å². The third-order valence-corrected chi connectivity index (χ3v) is 5.41. The normalized spacial score (nSPS) is 15.0. The molecule has 2 aromatic rings. The Bertz CT molecular complexity index is 981. The number of hydrogen-bond donors (Lipinski definition) is 0. The number of pyridine rings is 1. The fourth-order valence-electron chi connectivity index (χ4n) is 3.79. The van der Waals surface area contributed by atoms with Crippen LogP contribution in [0.15, 0.2) is 18.3 Å². The number of rotatable bonds is 3. The van der Waals surface area contributed by atoms with E-state index in [4.69, 9.17) is 9.47 Å². The minimum atomic E-state index is -0.531. The lowest BCUT2D eigenvalue weighted by molar-refractivity contribution is 0.0263. The molecule has 0 atom stereocenters. The molecule has 1 aliphatic heterocycles. The van der Waals surface area contributed by atoms with E-state index < -0.39 is 5.60 Å². The zero-order chi connectivity index (χ0) is 22.8. The molecule has 1 saturated heterocycles. The standard InChI is InChI=1S/C24H33N3O4/c1-7-30-22(28)19-15-25-20-14-17(3)16(2)13-18(20)21(19)26-9-8-10-27(12-11-26)23(29)31-24(4,5)6/h13-15H,7-12H2,1-6H3. The van der Waals surface area contributed by atoms with Crippen molar-refractivity contribution in [2.45, 2.75) is 53.6 Å². The van der Waals surface area contributed by atoms with Crippen LogP contribution >= 0.6 is 0 Å². The van der Waals surface area contributed by atoms with Crippen LogP contribution in [-0.2, 0) is 9.47 Å². The van der Waals surface area contributed by atoms with Gasteiger partial charge in [-0.2, -0.15) is 0 Å². The number of nitrogens with zero attached hydrogens (tertiary/aromatic N) is 3. The third-order valence-electron chi connectivity index (χ3n) is 5.41. The largest absolute Gasteiger partial charge is 0.462 e. The summed E-state index contributed by atoms with van der Waals surface area (Å²) < 4.78 is 10.9. The lowest BCUT2D eigenvalue weighted by Gasteiger charge is -2.28. The van der Waals surface area contributed by atoms with E-state index in [-0.39, 0.29) is 12.1 Å². The summed E-state index contributed by atoms with van der Waals surface area (Å²) in [5.41, 5.74) is 3.90. The van der Waals surface area contributed by atoms with Crippen molar-refractivity contribution >= 4 is 28.7 Å². The number of aryl methyl sites for hydroxylation is 2. The molecule has 1 fully saturated rings. The van der Waals surface area contributed by atoms with Crippen molar-refractivity contribution in [3.8, 4) is 0 Å². The molecule has 1 aliphatic rings. The summed E-state index contributed by atoms with van der Waals surface area (Å²) in [6, 6.07) is 4.14. The summed E-state index contributed by atoms with van der Waals surface area (Å²) in [4.78, 5) is 33.8. The molecule has 2 heterocycles. The average Bonchev–Trinajstić information content (AvgIpc) is 2.93. The fraction of sp³-hybridized carbons (Fsp3) is 0.542. The Labute approximate surface area is 184 Å². The zero-order valence-corrected chi connectivity index (χ0v) is 19.4. The number of benzene rings is 1. The first-order valence-electron chi connectivity index (χ1n) is 10.9. The molecular weight excluding hydrogens is 394 g/mol. The molecule has 3 rings (SSSR count). The fourth-order valence-corrected chi connectivity index (χ4v) is 3.79. The topological polar surface area (TPSA) is 72.0 Å². The van der Waals surface area contributed by atoms with Gasteiger partial charge in [0.05, 0.1) is 17.8 Å². The molecule has 168 valence electrons. The molecule has 0 bridgehead atoms. The van der Waals surface area contributed by atoms with Crippen molar-refractivity contribution in [1.82, 2.24) is 9.88 Å². The van der Waals surface area contributed by atoms with E-state index in [1.54, 1.807) is 18.0 Å². The highest BCUT2D eigenvalue weighted by Gasteiger charge is 2.27. The van der Waals surface area contributed by atoms with Gasteiger partial charge in [0.1, 0.15) is 11.2 Å². The maximum absolute atomic E-state index is 12.7. The zero-order valence-electron chi connectivity index (χ0n) is 19.4. The molecule has 0 unspecified atom stereocenters. The van der Waals surface area contributed by atoms with E-state index >= 15 is 0 Å². The minimum absolute atomic E-state index is 0.300. The average molecular weight is 428 g/mol. The van der Waals surface area contributed by atoms with E-state index in [1.165, 1.54) is 0 Å². The van der Waals surface area contributed by atoms with E-state index in [0.717, 1.165) is 40.7 Å². The van der Waals surface area contributed by atoms with E-state index in [9.17, 15) is 9.59 Å². The van der Waals surface area contributed by atoms with Crippen molar-refractivity contribution < 1.29 is 19.1 Å². The number of anilines is 1. The number of ether oxygens (including phenoxy) is 2. The van der Waals surface area contributed by atoms with Gasteiger partial charge in [0.25, 0.3) is 0 Å². The first-order valence-corrected chi connectivity index (χ1v) is 10.9. The molecule has 0 spiro atoms. The Morgan fingerprint density at radius 2 is 1.77 bits per heavy atom. The van der Waals surface area contributed by atoms with Crippen molar-refractivity contribution in [3.05, 3.63) is 35.0 Å². The van der Waals surface area contributed by atoms with Crippen molar-refractivity contribution in [3.63, 3.8) is 0 Å². The Hall–Kier alpha value is -2.83. The number of hydrogen-bond acceptors (Lipinski definition) is 6. The molecule has 0 saturated carbocycles. The second kappa shape index (κ2) is 9.12. The number of amides is 1. The van der Waals surface area contributed by atoms with Crippen LogP contribution in [0.5, 0.6) is 0 Å². The molecule has 1 aromatic carbocycles. The van der Waals surface area contributed by atoms with Crippen LogP contribution in [0, 0.1) is 13.8 Å². The maximum Gasteiger partial charge on any atom is 0.410 e. The number of carbonyl (C=O) groups excluding carboxylic acids is 2. The quantitative estimate of drug-likeness (QED) is 0.673. The van der Waals surface area contributed by atoms with Crippen molar-refractivity contribution in [2.75, 3.05) is 37.7 Å². The highest BCUT2D eigenvalue weighted by Crippen LogP contribution is 2.33. The number of carbonyl (C=O) groups is 2. The molecular formula is C24H33N3O4. The van der Waals surface area contributed by atoms with E-state index in [2.05, 4.69) is 29.8 Å². The van der Waals surface area contributed by atoms with Gasteiger partial charge in [-0.1, -0.05) is 0 Å². The van der Waals surface area contributed by atoms with Gasteiger partial charge >= 0.3 is 12.1 Å².